The third-order valence-corrected chi connectivity index (χ3v) is 7.20. The molecule has 1 saturated heterocycles. The van der Waals surface area contributed by atoms with E-state index in [0.717, 1.165) is 22.7 Å². The lowest BCUT2D eigenvalue weighted by molar-refractivity contribution is 0.177. The highest BCUT2D eigenvalue weighted by molar-refractivity contribution is 7.89. The molecule has 29 heavy (non-hydrogen) atoms. The number of halogens is 1. The van der Waals surface area contributed by atoms with Gasteiger partial charge in [0.05, 0.1) is 12.3 Å². The van der Waals surface area contributed by atoms with Crippen molar-refractivity contribution in [2.45, 2.75) is 19.9 Å². The van der Waals surface area contributed by atoms with Crippen LogP contribution in [0.5, 0.6) is 0 Å². The molecule has 1 fully saturated rings. The molecule has 0 radical (unpaired) electrons. The fraction of sp³-hybridized carbons (Fsp3) is 0.400. The molecule has 0 aliphatic carbocycles. The topological polar surface area (TPSA) is 71.3 Å². The Morgan fingerprint density at radius 3 is 2.48 bits per heavy atom. The Morgan fingerprint density at radius 2 is 1.79 bits per heavy atom. The molecule has 0 spiro atoms. The summed E-state index contributed by atoms with van der Waals surface area (Å²) in [6, 6.07) is 10.0. The van der Waals surface area contributed by atoms with Crippen LogP contribution in [0.1, 0.15) is 19.2 Å². The molecule has 0 amide bonds. The standard InChI is InChI=1S/C20H24FN5O2S/c1-2-14-29(27,28)25-12-10-24(11-13-25)15-19-23-18-4-3-9-22-20(18)26(19)17-7-5-16(21)6-8-17/h3-9H,2,10-15H2,1H3. The molecule has 1 aliphatic heterocycles. The van der Waals surface area contributed by atoms with Crippen molar-refractivity contribution >= 4 is 21.2 Å². The zero-order valence-corrected chi connectivity index (χ0v) is 17.1. The Morgan fingerprint density at radius 1 is 1.07 bits per heavy atom. The minimum absolute atomic E-state index is 0.193. The van der Waals surface area contributed by atoms with Gasteiger partial charge in [0.15, 0.2) is 5.65 Å². The van der Waals surface area contributed by atoms with E-state index < -0.39 is 10.0 Å². The number of piperazine rings is 1. The number of hydrogen-bond donors (Lipinski definition) is 0. The second kappa shape index (κ2) is 8.17. The van der Waals surface area contributed by atoms with Crippen LogP contribution < -0.4 is 0 Å². The number of pyridine rings is 1. The fourth-order valence-corrected chi connectivity index (χ4v) is 5.17. The number of imidazole rings is 1. The molecule has 3 heterocycles. The third kappa shape index (κ3) is 4.17. The zero-order chi connectivity index (χ0) is 20.4. The molecule has 1 aliphatic rings. The van der Waals surface area contributed by atoms with Gasteiger partial charge in [-0.3, -0.25) is 9.47 Å². The first-order valence-corrected chi connectivity index (χ1v) is 11.4. The summed E-state index contributed by atoms with van der Waals surface area (Å²) in [5, 5.41) is 0. The third-order valence-electron chi connectivity index (χ3n) is 5.12. The van der Waals surface area contributed by atoms with Crippen LogP contribution in [0.25, 0.3) is 16.9 Å². The van der Waals surface area contributed by atoms with Gasteiger partial charge in [-0.25, -0.2) is 22.8 Å². The minimum Gasteiger partial charge on any atom is -0.293 e. The number of fused-ring (bicyclic) bond motifs is 1. The van der Waals surface area contributed by atoms with Crippen molar-refractivity contribution in [2.24, 2.45) is 0 Å². The van der Waals surface area contributed by atoms with Gasteiger partial charge in [-0.15, -0.1) is 0 Å². The first-order chi connectivity index (χ1) is 14.0. The Kier molecular flexibility index (Phi) is 5.62. The van der Waals surface area contributed by atoms with Crippen molar-refractivity contribution in [3.63, 3.8) is 0 Å². The summed E-state index contributed by atoms with van der Waals surface area (Å²) in [5.74, 6) is 0.700. The molecule has 9 heteroatoms. The average Bonchev–Trinajstić information content (AvgIpc) is 3.07. The van der Waals surface area contributed by atoms with Crippen molar-refractivity contribution in [1.82, 2.24) is 23.7 Å². The minimum atomic E-state index is -3.17. The van der Waals surface area contributed by atoms with E-state index in [1.807, 2.05) is 23.6 Å². The Hall–Kier alpha value is -2.36. The molecule has 0 atom stereocenters. The van der Waals surface area contributed by atoms with E-state index in [9.17, 15) is 12.8 Å². The maximum atomic E-state index is 13.4. The molecular weight excluding hydrogens is 393 g/mol. The molecule has 2 aromatic heterocycles. The van der Waals surface area contributed by atoms with E-state index in [1.165, 1.54) is 12.1 Å². The van der Waals surface area contributed by atoms with Crippen molar-refractivity contribution in [3.05, 3.63) is 54.2 Å². The van der Waals surface area contributed by atoms with Gasteiger partial charge in [-0.05, 0) is 42.8 Å². The van der Waals surface area contributed by atoms with Crippen molar-refractivity contribution in [1.29, 1.82) is 0 Å². The number of hydrogen-bond acceptors (Lipinski definition) is 5. The summed E-state index contributed by atoms with van der Waals surface area (Å²) in [7, 11) is -3.17. The number of nitrogens with zero attached hydrogens (tertiary/aromatic N) is 5. The molecule has 1 aromatic carbocycles. The van der Waals surface area contributed by atoms with Crippen molar-refractivity contribution in [2.75, 3.05) is 31.9 Å². The molecule has 0 unspecified atom stereocenters. The highest BCUT2D eigenvalue weighted by Crippen LogP contribution is 2.22. The van der Waals surface area contributed by atoms with Gasteiger partial charge < -0.3 is 0 Å². The molecule has 0 bridgehead atoms. The molecule has 154 valence electrons. The van der Waals surface area contributed by atoms with Crippen LogP contribution in [0.3, 0.4) is 0 Å². The van der Waals surface area contributed by atoms with Crippen LogP contribution >= 0.6 is 0 Å². The summed E-state index contributed by atoms with van der Waals surface area (Å²) in [4.78, 5) is 11.4. The quantitative estimate of drug-likeness (QED) is 0.616. The largest absolute Gasteiger partial charge is 0.293 e. The monoisotopic (exact) mass is 417 g/mol. The van der Waals surface area contributed by atoms with E-state index in [-0.39, 0.29) is 11.6 Å². The maximum absolute atomic E-state index is 13.4. The zero-order valence-electron chi connectivity index (χ0n) is 16.3. The van der Waals surface area contributed by atoms with Crippen LogP contribution in [-0.4, -0.2) is 64.1 Å². The molecular formula is C20H24FN5O2S. The predicted octanol–water partition coefficient (Wildman–Crippen LogP) is 2.42. The van der Waals surface area contributed by atoms with Crippen LogP contribution in [-0.2, 0) is 16.6 Å². The second-order valence-corrected chi connectivity index (χ2v) is 9.27. The summed E-state index contributed by atoms with van der Waals surface area (Å²) in [6.45, 7) is 4.69. The van der Waals surface area contributed by atoms with Crippen LogP contribution in [0.2, 0.25) is 0 Å². The number of sulfonamides is 1. The molecule has 4 rings (SSSR count). The summed E-state index contributed by atoms with van der Waals surface area (Å²) in [5.41, 5.74) is 2.29. The first kappa shape index (κ1) is 19.9. The van der Waals surface area contributed by atoms with Crippen molar-refractivity contribution < 1.29 is 12.8 Å². The molecule has 0 N–H and O–H groups in total. The molecule has 3 aromatic rings. The van der Waals surface area contributed by atoms with E-state index in [2.05, 4.69) is 9.88 Å². The number of benzene rings is 1. The van der Waals surface area contributed by atoms with Gasteiger partial charge in [0.1, 0.15) is 17.2 Å². The Balaban J connectivity index is 1.58. The Labute approximate surface area is 169 Å². The van der Waals surface area contributed by atoms with Crippen LogP contribution in [0.4, 0.5) is 4.39 Å². The van der Waals surface area contributed by atoms with Gasteiger partial charge >= 0.3 is 0 Å². The lowest BCUT2D eigenvalue weighted by Gasteiger charge is -2.33. The molecule has 0 saturated carbocycles. The summed E-state index contributed by atoms with van der Waals surface area (Å²) in [6.07, 6.45) is 2.34. The van der Waals surface area contributed by atoms with Gasteiger partial charge in [0.2, 0.25) is 10.0 Å². The normalized spacial score (nSPS) is 16.5. The highest BCUT2D eigenvalue weighted by Gasteiger charge is 2.27. The summed E-state index contributed by atoms with van der Waals surface area (Å²) >= 11 is 0. The second-order valence-electron chi connectivity index (χ2n) is 7.18. The fourth-order valence-electron chi connectivity index (χ4n) is 3.68. The lowest BCUT2D eigenvalue weighted by Crippen LogP contribution is -2.49. The van der Waals surface area contributed by atoms with E-state index in [4.69, 9.17) is 4.98 Å². The lowest BCUT2D eigenvalue weighted by atomic mass is 10.3. The van der Waals surface area contributed by atoms with Gasteiger partial charge in [-0.1, -0.05) is 6.92 Å². The van der Waals surface area contributed by atoms with Crippen LogP contribution in [0, 0.1) is 5.82 Å². The van der Waals surface area contributed by atoms with E-state index in [1.54, 1.807) is 22.6 Å². The average molecular weight is 418 g/mol. The maximum Gasteiger partial charge on any atom is 0.214 e. The number of aromatic nitrogens is 3. The van der Waals surface area contributed by atoms with Gasteiger partial charge in [0.25, 0.3) is 0 Å². The highest BCUT2D eigenvalue weighted by atomic mass is 32.2. The number of rotatable bonds is 6. The van der Waals surface area contributed by atoms with Crippen molar-refractivity contribution in [3.8, 4) is 5.69 Å². The van der Waals surface area contributed by atoms with Gasteiger partial charge in [0, 0.05) is 38.1 Å². The van der Waals surface area contributed by atoms with Crippen LogP contribution in [0.15, 0.2) is 42.6 Å². The van der Waals surface area contributed by atoms with E-state index in [0.29, 0.717) is 39.1 Å². The Bertz CT molecular complexity index is 1090. The van der Waals surface area contributed by atoms with Gasteiger partial charge in [-0.2, -0.15) is 4.31 Å². The first-order valence-electron chi connectivity index (χ1n) is 9.76. The van der Waals surface area contributed by atoms with E-state index >= 15 is 0 Å². The molecule has 7 nitrogen and oxygen atoms in total. The predicted molar refractivity (Wildman–Crippen MR) is 110 cm³/mol. The smallest absolute Gasteiger partial charge is 0.214 e. The summed E-state index contributed by atoms with van der Waals surface area (Å²) < 4.78 is 41.5. The SMILES string of the molecule is CCCS(=O)(=O)N1CCN(Cc2nc3cccnc3n2-c2ccc(F)cc2)CC1.